The number of para-hydroxylation sites is 1. The summed E-state index contributed by atoms with van der Waals surface area (Å²) in [4.78, 5) is 16.2. The van der Waals surface area contributed by atoms with Crippen LogP contribution in [0.25, 0.3) is 0 Å². The molecule has 0 fully saturated rings. The quantitative estimate of drug-likeness (QED) is 0.293. The number of pyridine rings is 1. The van der Waals surface area contributed by atoms with Gasteiger partial charge in [-0.2, -0.15) is 0 Å². The van der Waals surface area contributed by atoms with Gasteiger partial charge in [-0.3, -0.25) is 4.79 Å². The van der Waals surface area contributed by atoms with E-state index in [-0.39, 0.29) is 29.5 Å². The monoisotopic (exact) mass is 504 g/mol. The topological polar surface area (TPSA) is 81.6 Å². The Labute approximate surface area is 187 Å². The second-order valence-corrected chi connectivity index (χ2v) is 6.40. The van der Waals surface area contributed by atoms with Gasteiger partial charge in [0.1, 0.15) is 0 Å². The van der Waals surface area contributed by atoms with Crippen molar-refractivity contribution in [3.05, 3.63) is 100.0 Å². The Hall–Kier alpha value is -2.65. The summed E-state index contributed by atoms with van der Waals surface area (Å²) in [6, 6.07) is 21.0. The molecule has 2 aromatic carbocycles. The molecule has 3 aromatic rings. The smallest absolute Gasteiger partial charge is 0.250 e. The van der Waals surface area contributed by atoms with Gasteiger partial charge in [-0.05, 0) is 23.3 Å². The molecule has 7 heteroatoms. The molecule has 0 aliphatic carbocycles. The number of rotatable bonds is 7. The van der Waals surface area contributed by atoms with Gasteiger partial charge < -0.3 is 20.4 Å². The third kappa shape index (κ3) is 6.72. The molecule has 0 aliphatic rings. The third-order valence-corrected chi connectivity index (χ3v) is 4.29. The first-order chi connectivity index (χ1) is 13.7. The number of nitrogens with one attached hydrogen (secondary N) is 1. The van der Waals surface area contributed by atoms with E-state index in [2.05, 4.69) is 10.3 Å². The molecule has 3 N–H and O–H groups in total. The van der Waals surface area contributed by atoms with Crippen LogP contribution in [-0.2, 0) is 24.4 Å². The maximum atomic E-state index is 11.8. The van der Waals surface area contributed by atoms with E-state index in [0.717, 1.165) is 22.4 Å². The average Bonchev–Trinajstić information content (AvgIpc) is 2.71. The molecule has 0 atom stereocenters. The van der Waals surface area contributed by atoms with E-state index in [4.69, 9.17) is 10.5 Å². The van der Waals surface area contributed by atoms with E-state index in [1.54, 1.807) is 30.0 Å². The second kappa shape index (κ2) is 11.4. The lowest BCUT2D eigenvalue weighted by atomic mass is 10.1. The lowest BCUT2D eigenvalue weighted by Gasteiger charge is -2.11. The first kappa shape index (κ1) is 22.6. The largest absolute Gasteiger partial charge is 0.380 e. The number of nitrogens with zero attached hydrogens (tertiary/aromatic N) is 2. The zero-order valence-corrected chi connectivity index (χ0v) is 18.6. The molecule has 0 unspecified atom stereocenters. The van der Waals surface area contributed by atoms with E-state index in [9.17, 15) is 4.79 Å². The van der Waals surface area contributed by atoms with Gasteiger partial charge in [0.2, 0.25) is 0 Å². The van der Waals surface area contributed by atoms with Crippen molar-refractivity contribution in [1.82, 2.24) is 4.57 Å². The minimum Gasteiger partial charge on any atom is -0.380 e. The number of ether oxygens (including phenoxy) is 1. The van der Waals surface area contributed by atoms with Crippen molar-refractivity contribution in [3.8, 4) is 0 Å². The van der Waals surface area contributed by atoms with E-state index in [1.807, 2.05) is 54.6 Å². The molecule has 0 aliphatic heterocycles. The standard InChI is InChI=1S/C22H24N4O2.HI/c1-28-16-19-6-2-3-7-20(19)25-22(23)24-14-17-9-11-18(12-10-17)15-26-13-5-4-8-21(26)27;/h2-13H,14-16H2,1H3,(H3,23,24,25);1H. The number of anilines is 1. The van der Waals surface area contributed by atoms with Crippen molar-refractivity contribution >= 4 is 35.6 Å². The molecular formula is C22H25IN4O2. The summed E-state index contributed by atoms with van der Waals surface area (Å²) < 4.78 is 6.87. The van der Waals surface area contributed by atoms with Crippen LogP contribution in [0.15, 0.2) is 82.7 Å². The minimum atomic E-state index is -0.0104. The fraction of sp³-hybridized carbons (Fsp3) is 0.182. The maximum Gasteiger partial charge on any atom is 0.250 e. The van der Waals surface area contributed by atoms with Gasteiger partial charge in [0, 0.05) is 30.6 Å². The Bertz CT molecular complexity index is 1000. The van der Waals surface area contributed by atoms with Crippen LogP contribution in [0.1, 0.15) is 16.7 Å². The first-order valence-corrected chi connectivity index (χ1v) is 9.03. The Morgan fingerprint density at radius 1 is 1.03 bits per heavy atom. The number of aliphatic imine (C=N–C) groups is 1. The van der Waals surface area contributed by atoms with Gasteiger partial charge in [-0.15, -0.1) is 24.0 Å². The van der Waals surface area contributed by atoms with E-state index >= 15 is 0 Å². The van der Waals surface area contributed by atoms with Crippen LogP contribution in [0.3, 0.4) is 0 Å². The Balaban J connectivity index is 0.00000300. The van der Waals surface area contributed by atoms with Crippen LogP contribution in [0.4, 0.5) is 5.69 Å². The molecule has 1 heterocycles. The zero-order chi connectivity index (χ0) is 19.8. The average molecular weight is 504 g/mol. The number of benzene rings is 2. The van der Waals surface area contributed by atoms with Gasteiger partial charge in [-0.25, -0.2) is 4.99 Å². The fourth-order valence-electron chi connectivity index (χ4n) is 2.82. The fourth-order valence-corrected chi connectivity index (χ4v) is 2.82. The molecule has 0 spiro atoms. The molecule has 0 saturated carbocycles. The third-order valence-electron chi connectivity index (χ3n) is 4.29. The summed E-state index contributed by atoms with van der Waals surface area (Å²) in [5.41, 5.74) is 10.0. The Morgan fingerprint density at radius 2 is 1.72 bits per heavy atom. The van der Waals surface area contributed by atoms with Crippen molar-refractivity contribution in [2.24, 2.45) is 10.7 Å². The van der Waals surface area contributed by atoms with E-state index < -0.39 is 0 Å². The van der Waals surface area contributed by atoms with Crippen LogP contribution >= 0.6 is 24.0 Å². The molecule has 3 rings (SSSR count). The van der Waals surface area contributed by atoms with Crippen LogP contribution in [-0.4, -0.2) is 17.6 Å². The predicted octanol–water partition coefficient (Wildman–Crippen LogP) is 3.59. The summed E-state index contributed by atoms with van der Waals surface area (Å²) in [5, 5.41) is 3.13. The van der Waals surface area contributed by atoms with Crippen LogP contribution in [0, 0.1) is 0 Å². The highest BCUT2D eigenvalue weighted by Crippen LogP contribution is 2.15. The summed E-state index contributed by atoms with van der Waals surface area (Å²) in [5.74, 6) is 0.350. The summed E-state index contributed by atoms with van der Waals surface area (Å²) in [6.45, 7) is 1.52. The summed E-state index contributed by atoms with van der Waals surface area (Å²) >= 11 is 0. The van der Waals surface area contributed by atoms with Gasteiger partial charge in [0.05, 0.1) is 19.7 Å². The van der Waals surface area contributed by atoms with Crippen molar-refractivity contribution in [3.63, 3.8) is 0 Å². The lowest BCUT2D eigenvalue weighted by Crippen LogP contribution is -2.23. The SMILES string of the molecule is COCc1ccccc1NC(N)=NCc1ccc(Cn2ccccc2=O)cc1.I. The molecule has 152 valence electrons. The molecule has 0 bridgehead atoms. The van der Waals surface area contributed by atoms with Crippen molar-refractivity contribution < 1.29 is 4.74 Å². The van der Waals surface area contributed by atoms with Crippen molar-refractivity contribution in [2.75, 3.05) is 12.4 Å². The number of aromatic nitrogens is 1. The Kier molecular flexibility index (Phi) is 8.88. The summed E-state index contributed by atoms with van der Waals surface area (Å²) in [6.07, 6.45) is 1.79. The van der Waals surface area contributed by atoms with Gasteiger partial charge in [0.15, 0.2) is 5.96 Å². The molecule has 0 amide bonds. The molecule has 0 radical (unpaired) electrons. The van der Waals surface area contributed by atoms with Gasteiger partial charge >= 0.3 is 0 Å². The minimum absolute atomic E-state index is 0. The molecule has 0 saturated heterocycles. The normalized spacial score (nSPS) is 11.0. The number of hydrogen-bond donors (Lipinski definition) is 2. The van der Waals surface area contributed by atoms with Gasteiger partial charge in [0.25, 0.3) is 5.56 Å². The second-order valence-electron chi connectivity index (χ2n) is 6.40. The highest BCUT2D eigenvalue weighted by Gasteiger charge is 2.03. The van der Waals surface area contributed by atoms with Crippen molar-refractivity contribution in [2.45, 2.75) is 19.7 Å². The Morgan fingerprint density at radius 3 is 2.45 bits per heavy atom. The number of halogens is 1. The highest BCUT2D eigenvalue weighted by atomic mass is 127. The highest BCUT2D eigenvalue weighted by molar-refractivity contribution is 14.0. The molecular weight excluding hydrogens is 479 g/mol. The van der Waals surface area contributed by atoms with Crippen LogP contribution in [0.5, 0.6) is 0 Å². The van der Waals surface area contributed by atoms with E-state index in [0.29, 0.717) is 25.7 Å². The van der Waals surface area contributed by atoms with E-state index in [1.165, 1.54) is 0 Å². The lowest BCUT2D eigenvalue weighted by molar-refractivity contribution is 0.185. The zero-order valence-electron chi connectivity index (χ0n) is 16.2. The van der Waals surface area contributed by atoms with Crippen molar-refractivity contribution in [1.29, 1.82) is 0 Å². The number of nitrogens with two attached hydrogens (primary N) is 1. The number of hydrogen-bond acceptors (Lipinski definition) is 3. The maximum absolute atomic E-state index is 11.8. The summed E-state index contributed by atoms with van der Waals surface area (Å²) in [7, 11) is 1.66. The molecule has 6 nitrogen and oxygen atoms in total. The first-order valence-electron chi connectivity index (χ1n) is 9.03. The van der Waals surface area contributed by atoms with Gasteiger partial charge in [-0.1, -0.05) is 48.5 Å². The number of methoxy groups -OCH3 is 1. The van der Waals surface area contributed by atoms with Crippen LogP contribution < -0.4 is 16.6 Å². The van der Waals surface area contributed by atoms with Crippen LogP contribution in [0.2, 0.25) is 0 Å². The predicted molar refractivity (Wildman–Crippen MR) is 128 cm³/mol. The number of guanidine groups is 1. The molecule has 1 aromatic heterocycles. The molecule has 29 heavy (non-hydrogen) atoms.